The number of imidazole rings is 1. The number of nitrogens with zero attached hydrogens (tertiary/aromatic N) is 4. The van der Waals surface area contributed by atoms with Crippen molar-refractivity contribution in [2.75, 3.05) is 12.4 Å². The minimum atomic E-state index is -0.279. The number of pyridine rings is 1. The molecule has 4 aromatic rings. The first-order valence-electron chi connectivity index (χ1n) is 7.61. The van der Waals surface area contributed by atoms with Gasteiger partial charge in [0, 0.05) is 11.8 Å². The summed E-state index contributed by atoms with van der Waals surface area (Å²) in [5.41, 5.74) is 2.94. The van der Waals surface area contributed by atoms with E-state index < -0.39 is 0 Å². The lowest BCUT2D eigenvalue weighted by Crippen LogP contribution is -2.02. The number of hydrogen-bond donors (Lipinski definition) is 1. The monoisotopic (exact) mass is 335 g/mol. The lowest BCUT2D eigenvalue weighted by Gasteiger charge is -2.09. The zero-order valence-corrected chi connectivity index (χ0v) is 13.3. The van der Waals surface area contributed by atoms with Crippen LogP contribution in [-0.2, 0) is 0 Å². The van der Waals surface area contributed by atoms with Gasteiger partial charge in [-0.1, -0.05) is 0 Å². The van der Waals surface area contributed by atoms with E-state index >= 15 is 0 Å². The molecule has 3 heterocycles. The maximum Gasteiger partial charge on any atom is 0.237 e. The molecule has 0 fully saturated rings. The van der Waals surface area contributed by atoms with Gasteiger partial charge in [0.2, 0.25) is 5.88 Å². The second-order valence-corrected chi connectivity index (χ2v) is 5.32. The average molecular weight is 335 g/mol. The summed E-state index contributed by atoms with van der Waals surface area (Å²) in [6.45, 7) is 0. The molecule has 1 N–H and O–H groups in total. The number of fused-ring (bicyclic) bond motifs is 1. The van der Waals surface area contributed by atoms with Crippen LogP contribution in [0, 0.1) is 5.82 Å². The Labute approximate surface area is 142 Å². The van der Waals surface area contributed by atoms with Crippen molar-refractivity contribution < 1.29 is 9.13 Å². The molecule has 0 bridgehead atoms. The Morgan fingerprint density at radius 3 is 2.68 bits per heavy atom. The zero-order chi connectivity index (χ0) is 17.2. The lowest BCUT2D eigenvalue weighted by atomic mass is 10.1. The van der Waals surface area contributed by atoms with Crippen LogP contribution in [0.5, 0.6) is 5.88 Å². The fraction of sp³-hybridized carbons (Fsp3) is 0.0556. The third-order valence-electron chi connectivity index (χ3n) is 3.73. The van der Waals surface area contributed by atoms with E-state index in [-0.39, 0.29) is 5.82 Å². The summed E-state index contributed by atoms with van der Waals surface area (Å²) in [4.78, 5) is 8.50. The second kappa shape index (κ2) is 6.20. The fourth-order valence-corrected chi connectivity index (χ4v) is 2.52. The Bertz CT molecular complexity index is 1030. The van der Waals surface area contributed by atoms with Gasteiger partial charge in [0.15, 0.2) is 11.5 Å². The molecule has 6 nitrogen and oxygen atoms in total. The highest BCUT2D eigenvalue weighted by Gasteiger charge is 2.10. The largest absolute Gasteiger partial charge is 0.480 e. The fourth-order valence-electron chi connectivity index (χ4n) is 2.52. The van der Waals surface area contributed by atoms with Gasteiger partial charge in [0.1, 0.15) is 11.5 Å². The molecule has 4 rings (SSSR count). The molecule has 7 heteroatoms. The molecule has 0 saturated carbocycles. The standard InChI is InChI=1S/C18H14FN5O/c1-25-18-15(3-2-10-20-18)22-17-11-21-16-9-8-14(23-24(16)17)12-4-6-13(19)7-5-12/h2-11,22H,1H3. The van der Waals surface area contributed by atoms with Crippen molar-refractivity contribution in [3.8, 4) is 17.1 Å². The van der Waals surface area contributed by atoms with Crippen LogP contribution in [0.3, 0.4) is 0 Å². The van der Waals surface area contributed by atoms with E-state index in [9.17, 15) is 4.39 Å². The maximum atomic E-state index is 13.1. The first-order chi connectivity index (χ1) is 12.2. The first kappa shape index (κ1) is 15.1. The topological polar surface area (TPSA) is 64.3 Å². The van der Waals surface area contributed by atoms with E-state index in [1.165, 1.54) is 12.1 Å². The molecule has 0 saturated heterocycles. The maximum absolute atomic E-state index is 13.1. The second-order valence-electron chi connectivity index (χ2n) is 5.32. The van der Waals surface area contributed by atoms with Crippen molar-refractivity contribution >= 4 is 17.2 Å². The Hall–Kier alpha value is -3.48. The van der Waals surface area contributed by atoms with Crippen LogP contribution in [0.15, 0.2) is 60.9 Å². The van der Waals surface area contributed by atoms with Gasteiger partial charge in [-0.05, 0) is 48.5 Å². The number of rotatable bonds is 4. The predicted octanol–water partition coefficient (Wildman–Crippen LogP) is 3.68. The summed E-state index contributed by atoms with van der Waals surface area (Å²) in [7, 11) is 1.56. The number of hydrogen-bond acceptors (Lipinski definition) is 5. The van der Waals surface area contributed by atoms with Gasteiger partial charge in [-0.25, -0.2) is 14.4 Å². The molecule has 25 heavy (non-hydrogen) atoms. The smallest absolute Gasteiger partial charge is 0.237 e. The van der Waals surface area contributed by atoms with E-state index in [1.807, 2.05) is 24.3 Å². The molecule has 0 aliphatic heterocycles. The quantitative estimate of drug-likeness (QED) is 0.616. The molecule has 124 valence electrons. The predicted molar refractivity (Wildman–Crippen MR) is 92.5 cm³/mol. The van der Waals surface area contributed by atoms with E-state index in [4.69, 9.17) is 4.74 Å². The van der Waals surface area contributed by atoms with Crippen LogP contribution in [0.25, 0.3) is 16.9 Å². The Morgan fingerprint density at radius 2 is 1.88 bits per heavy atom. The van der Waals surface area contributed by atoms with Crippen LogP contribution >= 0.6 is 0 Å². The average Bonchev–Trinajstić information content (AvgIpc) is 3.05. The van der Waals surface area contributed by atoms with Gasteiger partial charge in [-0.15, -0.1) is 0 Å². The molecule has 0 atom stereocenters. The Balaban J connectivity index is 1.75. The summed E-state index contributed by atoms with van der Waals surface area (Å²) < 4.78 is 20.1. The summed E-state index contributed by atoms with van der Waals surface area (Å²) in [5, 5.41) is 7.82. The third-order valence-corrected chi connectivity index (χ3v) is 3.73. The molecule has 0 aliphatic rings. The van der Waals surface area contributed by atoms with Crippen LogP contribution in [0.4, 0.5) is 15.9 Å². The van der Waals surface area contributed by atoms with Crippen LogP contribution < -0.4 is 10.1 Å². The molecule has 3 aromatic heterocycles. The number of anilines is 2. The van der Waals surface area contributed by atoms with Crippen molar-refractivity contribution in [3.05, 3.63) is 66.7 Å². The SMILES string of the molecule is COc1ncccc1Nc1cnc2ccc(-c3ccc(F)cc3)nn12. The van der Waals surface area contributed by atoms with Crippen LogP contribution in [-0.4, -0.2) is 26.7 Å². The highest BCUT2D eigenvalue weighted by molar-refractivity contribution is 5.66. The van der Waals surface area contributed by atoms with E-state index in [1.54, 1.807) is 36.2 Å². The highest BCUT2D eigenvalue weighted by Crippen LogP contribution is 2.26. The number of halogens is 1. The Morgan fingerprint density at radius 1 is 1.04 bits per heavy atom. The van der Waals surface area contributed by atoms with Gasteiger partial charge in [-0.3, -0.25) is 0 Å². The van der Waals surface area contributed by atoms with Crippen molar-refractivity contribution in [2.24, 2.45) is 0 Å². The number of methoxy groups -OCH3 is 1. The molecular weight excluding hydrogens is 321 g/mol. The zero-order valence-electron chi connectivity index (χ0n) is 13.3. The number of aromatic nitrogens is 4. The molecular formula is C18H14FN5O. The minimum absolute atomic E-state index is 0.279. The number of nitrogens with one attached hydrogen (secondary N) is 1. The van der Waals surface area contributed by atoms with Gasteiger partial charge in [0.25, 0.3) is 0 Å². The van der Waals surface area contributed by atoms with E-state index in [0.29, 0.717) is 28.7 Å². The third kappa shape index (κ3) is 2.87. The normalized spacial score (nSPS) is 10.8. The molecule has 1 aromatic carbocycles. The lowest BCUT2D eigenvalue weighted by molar-refractivity contribution is 0.400. The van der Waals surface area contributed by atoms with E-state index in [0.717, 1.165) is 5.56 Å². The Kier molecular flexibility index (Phi) is 3.74. The summed E-state index contributed by atoms with van der Waals surface area (Å²) in [6, 6.07) is 13.6. The van der Waals surface area contributed by atoms with Gasteiger partial charge in [-0.2, -0.15) is 9.61 Å². The van der Waals surface area contributed by atoms with Crippen molar-refractivity contribution in [1.82, 2.24) is 19.6 Å². The van der Waals surface area contributed by atoms with Crippen molar-refractivity contribution in [1.29, 1.82) is 0 Å². The van der Waals surface area contributed by atoms with Gasteiger partial charge >= 0.3 is 0 Å². The van der Waals surface area contributed by atoms with Crippen molar-refractivity contribution in [3.63, 3.8) is 0 Å². The number of benzene rings is 1. The molecule has 0 radical (unpaired) electrons. The number of ether oxygens (including phenoxy) is 1. The molecule has 0 spiro atoms. The van der Waals surface area contributed by atoms with Crippen LogP contribution in [0.1, 0.15) is 0 Å². The summed E-state index contributed by atoms with van der Waals surface area (Å²) in [5.74, 6) is 0.871. The molecule has 0 amide bonds. The van der Waals surface area contributed by atoms with Gasteiger partial charge in [0.05, 0.1) is 19.0 Å². The van der Waals surface area contributed by atoms with Crippen molar-refractivity contribution in [2.45, 2.75) is 0 Å². The van der Waals surface area contributed by atoms with E-state index in [2.05, 4.69) is 20.4 Å². The summed E-state index contributed by atoms with van der Waals surface area (Å²) in [6.07, 6.45) is 3.34. The molecule has 0 aliphatic carbocycles. The van der Waals surface area contributed by atoms with Crippen LogP contribution in [0.2, 0.25) is 0 Å². The molecule has 0 unspecified atom stereocenters. The minimum Gasteiger partial charge on any atom is -0.480 e. The summed E-state index contributed by atoms with van der Waals surface area (Å²) >= 11 is 0. The highest BCUT2D eigenvalue weighted by atomic mass is 19.1. The first-order valence-corrected chi connectivity index (χ1v) is 7.61. The van der Waals surface area contributed by atoms with Gasteiger partial charge < -0.3 is 10.1 Å².